The lowest BCUT2D eigenvalue weighted by Crippen LogP contribution is -2.35. The topological polar surface area (TPSA) is 43.4 Å². The minimum Gasteiger partial charge on any atom is -0.448 e. The van der Waals surface area contributed by atoms with E-state index in [4.69, 9.17) is 4.74 Å². The summed E-state index contributed by atoms with van der Waals surface area (Å²) >= 11 is 0. The highest BCUT2D eigenvalue weighted by atomic mass is 16.6. The molecule has 0 spiro atoms. The molecule has 3 heteroatoms. The van der Waals surface area contributed by atoms with Gasteiger partial charge in [0.05, 0.1) is 0 Å². The first-order valence-corrected chi connectivity index (χ1v) is 6.31. The quantitative estimate of drug-likeness (QED) is 0.448. The number of carbonyl (C=O) groups excluding carboxylic acids is 2. The Morgan fingerprint density at radius 2 is 1.95 bits per heavy atom. The molecule has 0 radical (unpaired) electrons. The molecule has 1 aromatic rings. The van der Waals surface area contributed by atoms with Crippen LogP contribution in [0.1, 0.15) is 37.8 Å². The van der Waals surface area contributed by atoms with Gasteiger partial charge in [-0.15, -0.1) is 0 Å². The lowest BCUT2D eigenvalue weighted by molar-refractivity contribution is -0.155. The summed E-state index contributed by atoms with van der Waals surface area (Å²) in [6.07, 6.45) is 2.07. The Morgan fingerprint density at radius 3 is 2.37 bits per heavy atom. The van der Waals surface area contributed by atoms with Crippen molar-refractivity contribution in [2.75, 3.05) is 0 Å². The highest BCUT2D eigenvalue weighted by Crippen LogP contribution is 2.19. The highest BCUT2D eigenvalue weighted by Gasteiger charge is 2.27. The van der Waals surface area contributed by atoms with Crippen LogP contribution in [0.5, 0.6) is 0 Å². The van der Waals surface area contributed by atoms with E-state index in [0.717, 1.165) is 11.6 Å². The number of hydrogen-bond donors (Lipinski definition) is 0. The van der Waals surface area contributed by atoms with E-state index in [9.17, 15) is 9.59 Å². The van der Waals surface area contributed by atoms with Crippen LogP contribution in [0.15, 0.2) is 36.9 Å². The molecule has 1 rings (SSSR count). The smallest absolute Gasteiger partial charge is 0.331 e. The van der Waals surface area contributed by atoms with Crippen LogP contribution in [0.2, 0.25) is 0 Å². The first kappa shape index (κ1) is 15.2. The largest absolute Gasteiger partial charge is 0.448 e. The van der Waals surface area contributed by atoms with Crippen molar-refractivity contribution in [3.63, 3.8) is 0 Å². The predicted octanol–water partition coefficient (Wildman–Crippen LogP) is 3.04. The molecule has 1 unspecified atom stereocenters. The van der Waals surface area contributed by atoms with Crippen molar-refractivity contribution < 1.29 is 14.3 Å². The van der Waals surface area contributed by atoms with Crippen molar-refractivity contribution in [2.24, 2.45) is 0 Å². The van der Waals surface area contributed by atoms with Crippen LogP contribution in [0.4, 0.5) is 0 Å². The predicted molar refractivity (Wildman–Crippen MR) is 75.0 cm³/mol. The van der Waals surface area contributed by atoms with Gasteiger partial charge >= 0.3 is 5.97 Å². The molecule has 0 bridgehead atoms. The van der Waals surface area contributed by atoms with E-state index >= 15 is 0 Å². The normalized spacial score (nSPS) is 13.7. The third-order valence-electron chi connectivity index (χ3n) is 2.95. The number of carbonyl (C=O) groups is 2. The lowest BCUT2D eigenvalue weighted by atomic mass is 9.95. The zero-order valence-electron chi connectivity index (χ0n) is 11.7. The van der Waals surface area contributed by atoms with Crippen molar-refractivity contribution >= 4 is 12.3 Å². The number of esters is 1. The maximum Gasteiger partial charge on any atom is 0.331 e. The maximum absolute atomic E-state index is 11.2. The molecule has 0 aliphatic heterocycles. The summed E-state index contributed by atoms with van der Waals surface area (Å²) in [6, 6.07) is 7.97. The fourth-order valence-corrected chi connectivity index (χ4v) is 1.80. The summed E-state index contributed by atoms with van der Waals surface area (Å²) in [5, 5.41) is 0. The number of rotatable bonds is 6. The van der Waals surface area contributed by atoms with Crippen LogP contribution in [0.25, 0.3) is 0 Å². The minimum absolute atomic E-state index is 0.356. The molecule has 0 aliphatic rings. The fraction of sp³-hybridized carbons (Fsp3) is 0.375. The van der Waals surface area contributed by atoms with E-state index in [1.54, 1.807) is 6.92 Å². The molecule has 1 atom stereocenters. The van der Waals surface area contributed by atoms with Gasteiger partial charge in [-0.3, -0.25) is 4.79 Å². The summed E-state index contributed by atoms with van der Waals surface area (Å²) in [5.41, 5.74) is 1.04. The molecule has 1 aromatic carbocycles. The van der Waals surface area contributed by atoms with Gasteiger partial charge in [-0.05, 0) is 24.0 Å². The van der Waals surface area contributed by atoms with Gasteiger partial charge in [-0.25, -0.2) is 4.79 Å². The van der Waals surface area contributed by atoms with Crippen molar-refractivity contribution in [3.05, 3.63) is 48.0 Å². The minimum atomic E-state index is -1.15. The summed E-state index contributed by atoms with van der Waals surface area (Å²) in [5.74, 6) is -0.126. The Hall–Kier alpha value is -1.90. The second kappa shape index (κ2) is 6.32. The van der Waals surface area contributed by atoms with Gasteiger partial charge < -0.3 is 4.74 Å². The third kappa shape index (κ3) is 4.36. The van der Waals surface area contributed by atoms with Crippen molar-refractivity contribution in [2.45, 2.75) is 38.7 Å². The van der Waals surface area contributed by atoms with Crippen LogP contribution in [0.3, 0.4) is 0 Å². The molecular formula is C16H20O3. The molecule has 3 nitrogen and oxygen atoms in total. The standard InChI is InChI=1S/C16H20O3/c1-5-15(18)19-16(4,11-17)10-13-6-8-14(9-7-13)12(2)3/h5-9,11-12H,1,10H2,2-4H3. The first-order valence-electron chi connectivity index (χ1n) is 6.31. The maximum atomic E-state index is 11.2. The van der Waals surface area contributed by atoms with Crippen LogP contribution >= 0.6 is 0 Å². The summed E-state index contributed by atoms with van der Waals surface area (Å²) in [7, 11) is 0. The van der Waals surface area contributed by atoms with Crippen LogP contribution < -0.4 is 0 Å². The molecule has 0 heterocycles. The van der Waals surface area contributed by atoms with Crippen molar-refractivity contribution in [1.82, 2.24) is 0 Å². The molecule has 0 aromatic heterocycles. The third-order valence-corrected chi connectivity index (χ3v) is 2.95. The summed E-state index contributed by atoms with van der Waals surface area (Å²) in [6.45, 7) is 9.16. The average molecular weight is 260 g/mol. The van der Waals surface area contributed by atoms with Gasteiger partial charge in [0.25, 0.3) is 0 Å². The van der Waals surface area contributed by atoms with Gasteiger partial charge in [0, 0.05) is 12.5 Å². The first-order chi connectivity index (χ1) is 8.90. The molecule has 0 saturated carbocycles. The molecule has 0 N–H and O–H groups in total. The molecule has 0 fully saturated rings. The summed E-state index contributed by atoms with van der Waals surface area (Å²) in [4.78, 5) is 22.4. The summed E-state index contributed by atoms with van der Waals surface area (Å²) < 4.78 is 5.09. The second-order valence-corrected chi connectivity index (χ2v) is 5.13. The van der Waals surface area contributed by atoms with E-state index in [1.807, 2.05) is 24.3 Å². The molecular weight excluding hydrogens is 240 g/mol. The Labute approximate surface area is 114 Å². The Kier molecular flexibility index (Phi) is 5.04. The Morgan fingerprint density at radius 1 is 1.37 bits per heavy atom. The van der Waals surface area contributed by atoms with Gasteiger partial charge in [0.1, 0.15) is 0 Å². The molecule has 0 amide bonds. The average Bonchev–Trinajstić information content (AvgIpc) is 2.39. The van der Waals surface area contributed by atoms with E-state index in [1.165, 1.54) is 5.56 Å². The van der Waals surface area contributed by atoms with E-state index in [-0.39, 0.29) is 0 Å². The van der Waals surface area contributed by atoms with Crippen molar-refractivity contribution in [3.8, 4) is 0 Å². The second-order valence-electron chi connectivity index (χ2n) is 5.13. The van der Waals surface area contributed by atoms with E-state index < -0.39 is 11.6 Å². The van der Waals surface area contributed by atoms with E-state index in [0.29, 0.717) is 18.6 Å². The SMILES string of the molecule is C=CC(=O)OC(C)(C=O)Cc1ccc(C(C)C)cc1. The molecule has 19 heavy (non-hydrogen) atoms. The molecule has 0 saturated heterocycles. The highest BCUT2D eigenvalue weighted by molar-refractivity contribution is 5.83. The molecule has 0 aliphatic carbocycles. The Bertz CT molecular complexity index is 459. The van der Waals surface area contributed by atoms with Gasteiger partial charge in [-0.1, -0.05) is 44.7 Å². The number of benzene rings is 1. The van der Waals surface area contributed by atoms with Gasteiger partial charge in [-0.2, -0.15) is 0 Å². The van der Waals surface area contributed by atoms with Crippen LogP contribution in [-0.2, 0) is 20.7 Å². The van der Waals surface area contributed by atoms with Gasteiger partial charge in [0.2, 0.25) is 0 Å². The van der Waals surface area contributed by atoms with Crippen molar-refractivity contribution in [1.29, 1.82) is 0 Å². The number of hydrogen-bond acceptors (Lipinski definition) is 3. The number of aldehydes is 1. The van der Waals surface area contributed by atoms with Crippen LogP contribution in [-0.4, -0.2) is 17.9 Å². The number of ether oxygens (including phenoxy) is 1. The van der Waals surface area contributed by atoms with Gasteiger partial charge in [0.15, 0.2) is 11.9 Å². The molecule has 102 valence electrons. The Balaban J connectivity index is 2.83. The zero-order valence-corrected chi connectivity index (χ0v) is 11.7. The zero-order chi connectivity index (χ0) is 14.5. The van der Waals surface area contributed by atoms with Crippen LogP contribution in [0, 0.1) is 0 Å². The van der Waals surface area contributed by atoms with E-state index in [2.05, 4.69) is 20.4 Å². The lowest BCUT2D eigenvalue weighted by Gasteiger charge is -2.23. The fourth-order valence-electron chi connectivity index (χ4n) is 1.80. The monoisotopic (exact) mass is 260 g/mol.